The maximum atomic E-state index is 13.0. The number of carbonyl (C=O) groups excluding carboxylic acids is 1. The summed E-state index contributed by atoms with van der Waals surface area (Å²) in [6, 6.07) is 14.0. The number of hydrogen-bond acceptors (Lipinski definition) is 1. The number of hydrogen-bond donors (Lipinski definition) is 0. The molecule has 1 aliphatic heterocycles. The molecule has 0 N–H and O–H groups in total. The molecule has 0 atom stereocenters. The molecular weight excluding hydrogens is 318 g/mol. The number of fused-ring (bicyclic) bond motifs is 1. The maximum absolute atomic E-state index is 13.0. The van der Waals surface area contributed by atoms with Crippen LogP contribution in [0.5, 0.6) is 0 Å². The number of halogens is 1. The van der Waals surface area contributed by atoms with Crippen molar-refractivity contribution in [2.75, 3.05) is 4.90 Å². The zero-order valence-corrected chi connectivity index (χ0v) is 15.3. The lowest BCUT2D eigenvalue weighted by Gasteiger charge is -2.21. The summed E-state index contributed by atoms with van der Waals surface area (Å²) in [5, 5.41) is 0.696. The second-order valence-corrected chi connectivity index (χ2v) is 7.25. The molecule has 2 aromatic carbocycles. The smallest absolute Gasteiger partial charge is 0.259 e. The number of benzene rings is 2. The fraction of sp³-hybridized carbons (Fsp3) is 0.286. The van der Waals surface area contributed by atoms with E-state index in [1.54, 1.807) is 0 Å². The Bertz CT molecular complexity index is 803. The second-order valence-electron chi connectivity index (χ2n) is 6.81. The molecule has 1 aliphatic rings. The summed E-state index contributed by atoms with van der Waals surface area (Å²) in [6.07, 6.45) is 1.96. The fourth-order valence-electron chi connectivity index (χ4n) is 3.07. The molecule has 3 rings (SSSR count). The molecule has 0 radical (unpaired) electrons. The van der Waals surface area contributed by atoms with Gasteiger partial charge in [-0.1, -0.05) is 43.6 Å². The number of amides is 1. The van der Waals surface area contributed by atoms with Crippen molar-refractivity contribution in [1.82, 2.24) is 0 Å². The van der Waals surface area contributed by atoms with Gasteiger partial charge in [-0.25, -0.2) is 0 Å². The highest BCUT2D eigenvalue weighted by molar-refractivity contribution is 6.36. The molecule has 0 bridgehead atoms. The van der Waals surface area contributed by atoms with Gasteiger partial charge < -0.3 is 4.90 Å². The highest BCUT2D eigenvalue weighted by Gasteiger charge is 2.34. The Morgan fingerprint density at radius 1 is 1.00 bits per heavy atom. The van der Waals surface area contributed by atoms with Gasteiger partial charge in [-0.3, -0.25) is 4.79 Å². The fourth-order valence-corrected chi connectivity index (χ4v) is 3.20. The molecule has 0 aromatic heterocycles. The van der Waals surface area contributed by atoms with Crippen molar-refractivity contribution in [3.05, 3.63) is 64.2 Å². The van der Waals surface area contributed by atoms with Crippen LogP contribution in [0, 0.1) is 0 Å². The van der Waals surface area contributed by atoms with E-state index in [9.17, 15) is 4.79 Å². The lowest BCUT2D eigenvalue weighted by molar-refractivity contribution is -0.113. The molecule has 0 unspecified atom stereocenters. The zero-order chi connectivity index (χ0) is 17.4. The van der Waals surface area contributed by atoms with Crippen molar-refractivity contribution < 1.29 is 4.79 Å². The molecule has 0 aliphatic carbocycles. The van der Waals surface area contributed by atoms with Gasteiger partial charge >= 0.3 is 0 Å². The third-order valence-electron chi connectivity index (χ3n) is 4.38. The molecular formula is C21H22ClNO. The number of nitrogens with zero attached hydrogens (tertiary/aromatic N) is 1. The minimum Gasteiger partial charge on any atom is -0.305 e. The summed E-state index contributed by atoms with van der Waals surface area (Å²) < 4.78 is 0. The van der Waals surface area contributed by atoms with Gasteiger partial charge in [0.15, 0.2) is 0 Å². The number of rotatable bonds is 3. The van der Waals surface area contributed by atoms with E-state index in [1.807, 2.05) is 49.1 Å². The van der Waals surface area contributed by atoms with E-state index in [4.69, 9.17) is 11.6 Å². The Morgan fingerprint density at radius 2 is 1.67 bits per heavy atom. The van der Waals surface area contributed by atoms with Crippen molar-refractivity contribution in [3.8, 4) is 0 Å². The van der Waals surface area contributed by atoms with Crippen LogP contribution in [0.2, 0.25) is 5.02 Å². The third-order valence-corrected chi connectivity index (χ3v) is 4.64. The van der Waals surface area contributed by atoms with Crippen LogP contribution >= 0.6 is 11.6 Å². The topological polar surface area (TPSA) is 20.3 Å². The molecule has 1 heterocycles. The van der Waals surface area contributed by atoms with Crippen LogP contribution in [0.3, 0.4) is 0 Å². The van der Waals surface area contributed by atoms with E-state index in [1.165, 1.54) is 5.56 Å². The van der Waals surface area contributed by atoms with Crippen LogP contribution < -0.4 is 4.90 Å². The normalized spacial score (nSPS) is 15.7. The van der Waals surface area contributed by atoms with Gasteiger partial charge in [-0.05, 0) is 61.2 Å². The number of anilines is 1. The molecule has 0 saturated carbocycles. The first-order valence-corrected chi connectivity index (χ1v) is 8.71. The lowest BCUT2D eigenvalue weighted by atomic mass is 9.97. The van der Waals surface area contributed by atoms with Crippen LogP contribution in [0.4, 0.5) is 5.69 Å². The molecule has 24 heavy (non-hydrogen) atoms. The number of carbonyl (C=O) groups is 1. The summed E-state index contributed by atoms with van der Waals surface area (Å²) in [4.78, 5) is 14.9. The highest BCUT2D eigenvalue weighted by Crippen LogP contribution is 2.40. The van der Waals surface area contributed by atoms with Crippen LogP contribution in [0.15, 0.2) is 42.5 Å². The van der Waals surface area contributed by atoms with Gasteiger partial charge in [-0.15, -0.1) is 0 Å². The SMILES string of the molecule is CC(C)c1ccc2c(c1)/C(=C/c1ccc(Cl)cc1)C(=O)N2C(C)C. The van der Waals surface area contributed by atoms with E-state index in [0.717, 1.165) is 22.4 Å². The Hall–Kier alpha value is -2.06. The molecule has 0 fully saturated rings. The third kappa shape index (κ3) is 2.99. The predicted octanol–water partition coefficient (Wildman–Crippen LogP) is 5.76. The standard InChI is InChI=1S/C21H22ClNO/c1-13(2)16-7-10-20-18(12-16)19(21(24)23(20)14(3)4)11-15-5-8-17(22)9-6-15/h5-14H,1-4H3/b19-11-. The van der Waals surface area contributed by atoms with Crippen molar-refractivity contribution in [3.63, 3.8) is 0 Å². The molecule has 2 nitrogen and oxygen atoms in total. The molecule has 124 valence electrons. The first-order valence-electron chi connectivity index (χ1n) is 8.33. The summed E-state index contributed by atoms with van der Waals surface area (Å²) in [5.74, 6) is 0.492. The van der Waals surface area contributed by atoms with Gasteiger partial charge in [-0.2, -0.15) is 0 Å². The average Bonchev–Trinajstić information content (AvgIpc) is 2.81. The van der Waals surface area contributed by atoms with E-state index < -0.39 is 0 Å². The van der Waals surface area contributed by atoms with Crippen molar-refractivity contribution in [2.24, 2.45) is 0 Å². The van der Waals surface area contributed by atoms with Crippen LogP contribution in [-0.2, 0) is 4.79 Å². The first-order chi connectivity index (χ1) is 11.4. The van der Waals surface area contributed by atoms with Gasteiger partial charge in [0, 0.05) is 22.2 Å². The van der Waals surface area contributed by atoms with E-state index in [-0.39, 0.29) is 11.9 Å². The minimum atomic E-state index is 0.0656. The van der Waals surface area contributed by atoms with Crippen molar-refractivity contribution in [1.29, 1.82) is 0 Å². The zero-order valence-electron chi connectivity index (χ0n) is 14.5. The van der Waals surface area contributed by atoms with E-state index in [2.05, 4.69) is 32.0 Å². The minimum absolute atomic E-state index is 0.0656. The van der Waals surface area contributed by atoms with Gasteiger partial charge in [0.1, 0.15) is 0 Å². The largest absolute Gasteiger partial charge is 0.305 e. The highest BCUT2D eigenvalue weighted by atomic mass is 35.5. The molecule has 0 spiro atoms. The van der Waals surface area contributed by atoms with Crippen LogP contribution in [0.25, 0.3) is 11.6 Å². The van der Waals surface area contributed by atoms with E-state index in [0.29, 0.717) is 10.9 Å². The lowest BCUT2D eigenvalue weighted by Crippen LogP contribution is -2.33. The van der Waals surface area contributed by atoms with Crippen molar-refractivity contribution >= 4 is 34.8 Å². The Balaban J connectivity index is 2.15. The predicted molar refractivity (Wildman–Crippen MR) is 102 cm³/mol. The van der Waals surface area contributed by atoms with Crippen LogP contribution in [-0.4, -0.2) is 11.9 Å². The quantitative estimate of drug-likeness (QED) is 0.651. The summed E-state index contributed by atoms with van der Waals surface area (Å²) in [5.41, 5.74) is 5.00. The summed E-state index contributed by atoms with van der Waals surface area (Å²) in [7, 11) is 0. The molecule has 3 heteroatoms. The monoisotopic (exact) mass is 339 g/mol. The van der Waals surface area contributed by atoms with Gasteiger partial charge in [0.25, 0.3) is 5.91 Å². The van der Waals surface area contributed by atoms with Crippen molar-refractivity contribution in [2.45, 2.75) is 39.7 Å². The van der Waals surface area contributed by atoms with Gasteiger partial charge in [0.2, 0.25) is 0 Å². The Kier molecular flexibility index (Phi) is 4.51. The van der Waals surface area contributed by atoms with Crippen LogP contribution in [0.1, 0.15) is 50.3 Å². The summed E-state index contributed by atoms with van der Waals surface area (Å²) in [6.45, 7) is 8.43. The molecule has 1 amide bonds. The molecule has 2 aromatic rings. The molecule has 0 saturated heterocycles. The van der Waals surface area contributed by atoms with E-state index >= 15 is 0 Å². The first kappa shape index (κ1) is 16.8. The summed E-state index contributed by atoms with van der Waals surface area (Å²) >= 11 is 5.96. The van der Waals surface area contributed by atoms with Gasteiger partial charge in [0.05, 0.1) is 5.69 Å². The second kappa shape index (κ2) is 6.45. The maximum Gasteiger partial charge on any atom is 0.259 e. The Morgan fingerprint density at radius 3 is 2.25 bits per heavy atom. The Labute approximate surface area is 148 Å². The average molecular weight is 340 g/mol.